The molecule has 0 aliphatic heterocycles. The van der Waals surface area contributed by atoms with Crippen LogP contribution in [0.5, 0.6) is 5.75 Å². The standard InChI is InChI=1S/C18H29NO/c1-5-20-17-12-10-16(11-13-17)19-15-8-6-14(7-9-15)18(2,3)4/h10-15,19H,5-9H2,1-4H3. The quantitative estimate of drug-likeness (QED) is 0.825. The fourth-order valence-corrected chi connectivity index (χ4v) is 3.15. The Morgan fingerprint density at radius 2 is 1.65 bits per heavy atom. The molecule has 1 aromatic rings. The van der Waals surface area contributed by atoms with Gasteiger partial charge in [0.05, 0.1) is 6.61 Å². The van der Waals surface area contributed by atoms with Crippen molar-refractivity contribution >= 4 is 5.69 Å². The van der Waals surface area contributed by atoms with Crippen molar-refractivity contribution in [3.63, 3.8) is 0 Å². The normalized spacial score (nSPS) is 23.4. The van der Waals surface area contributed by atoms with E-state index in [0.717, 1.165) is 18.3 Å². The Morgan fingerprint density at radius 1 is 1.05 bits per heavy atom. The van der Waals surface area contributed by atoms with E-state index in [1.165, 1.54) is 31.4 Å². The summed E-state index contributed by atoms with van der Waals surface area (Å²) in [5.74, 6) is 1.83. The minimum absolute atomic E-state index is 0.462. The lowest BCUT2D eigenvalue weighted by molar-refractivity contribution is 0.173. The van der Waals surface area contributed by atoms with Crippen LogP contribution in [0.2, 0.25) is 0 Å². The predicted molar refractivity (Wildman–Crippen MR) is 86.4 cm³/mol. The molecular weight excluding hydrogens is 246 g/mol. The highest BCUT2D eigenvalue weighted by Crippen LogP contribution is 2.38. The van der Waals surface area contributed by atoms with E-state index in [9.17, 15) is 0 Å². The van der Waals surface area contributed by atoms with Crippen molar-refractivity contribution in [1.29, 1.82) is 0 Å². The second-order valence-electron chi connectivity index (χ2n) is 7.02. The summed E-state index contributed by atoms with van der Waals surface area (Å²) >= 11 is 0. The third-order valence-corrected chi connectivity index (χ3v) is 4.49. The summed E-state index contributed by atoms with van der Waals surface area (Å²) in [7, 11) is 0. The molecule has 0 bridgehead atoms. The molecule has 1 fully saturated rings. The Labute approximate surface area is 123 Å². The SMILES string of the molecule is CCOc1ccc(NC2CCC(C(C)(C)C)CC2)cc1. The van der Waals surface area contributed by atoms with E-state index >= 15 is 0 Å². The average Bonchev–Trinajstić information content (AvgIpc) is 2.41. The summed E-state index contributed by atoms with van der Waals surface area (Å²) < 4.78 is 5.47. The van der Waals surface area contributed by atoms with Gasteiger partial charge in [-0.25, -0.2) is 0 Å². The van der Waals surface area contributed by atoms with Gasteiger partial charge in [-0.3, -0.25) is 0 Å². The second-order valence-corrected chi connectivity index (χ2v) is 7.02. The van der Waals surface area contributed by atoms with Crippen molar-refractivity contribution in [3.8, 4) is 5.75 Å². The van der Waals surface area contributed by atoms with E-state index in [-0.39, 0.29) is 0 Å². The van der Waals surface area contributed by atoms with Gasteiger partial charge >= 0.3 is 0 Å². The molecule has 20 heavy (non-hydrogen) atoms. The van der Waals surface area contributed by atoms with E-state index in [1.807, 2.05) is 19.1 Å². The van der Waals surface area contributed by atoms with Gasteiger partial charge in [0.25, 0.3) is 0 Å². The van der Waals surface area contributed by atoms with Crippen molar-refractivity contribution in [2.75, 3.05) is 11.9 Å². The molecule has 1 aliphatic rings. The van der Waals surface area contributed by atoms with Crippen LogP contribution in [-0.4, -0.2) is 12.6 Å². The minimum atomic E-state index is 0.462. The molecule has 0 spiro atoms. The summed E-state index contributed by atoms with van der Waals surface area (Å²) in [5.41, 5.74) is 1.68. The van der Waals surface area contributed by atoms with Gasteiger partial charge in [0.2, 0.25) is 0 Å². The van der Waals surface area contributed by atoms with Gasteiger partial charge in [0, 0.05) is 11.7 Å². The Bertz CT molecular complexity index is 396. The van der Waals surface area contributed by atoms with Crippen LogP contribution in [0.3, 0.4) is 0 Å². The molecule has 0 heterocycles. The Kier molecular flexibility index (Phi) is 4.95. The van der Waals surface area contributed by atoms with E-state index in [1.54, 1.807) is 0 Å². The van der Waals surface area contributed by atoms with Crippen molar-refractivity contribution < 1.29 is 4.74 Å². The monoisotopic (exact) mass is 275 g/mol. The first kappa shape index (κ1) is 15.2. The highest BCUT2D eigenvalue weighted by Gasteiger charge is 2.29. The lowest BCUT2D eigenvalue weighted by Gasteiger charge is -2.37. The number of rotatable bonds is 4. The smallest absolute Gasteiger partial charge is 0.119 e. The van der Waals surface area contributed by atoms with Gasteiger partial charge in [-0.1, -0.05) is 20.8 Å². The van der Waals surface area contributed by atoms with Crippen LogP contribution >= 0.6 is 0 Å². The number of benzene rings is 1. The molecular formula is C18H29NO. The zero-order valence-electron chi connectivity index (χ0n) is 13.4. The first-order chi connectivity index (χ1) is 9.49. The number of nitrogens with one attached hydrogen (secondary N) is 1. The largest absolute Gasteiger partial charge is 0.494 e. The van der Waals surface area contributed by atoms with Crippen LogP contribution in [0.25, 0.3) is 0 Å². The van der Waals surface area contributed by atoms with Crippen LogP contribution in [0.1, 0.15) is 53.4 Å². The van der Waals surface area contributed by atoms with Gasteiger partial charge in [-0.05, 0) is 68.2 Å². The van der Waals surface area contributed by atoms with E-state index in [0.29, 0.717) is 11.5 Å². The van der Waals surface area contributed by atoms with Gasteiger partial charge in [0.15, 0.2) is 0 Å². The summed E-state index contributed by atoms with van der Waals surface area (Å²) in [6, 6.07) is 8.98. The fourth-order valence-electron chi connectivity index (χ4n) is 3.15. The van der Waals surface area contributed by atoms with Crippen molar-refractivity contribution in [3.05, 3.63) is 24.3 Å². The van der Waals surface area contributed by atoms with Gasteiger partial charge in [-0.2, -0.15) is 0 Å². The lowest BCUT2D eigenvalue weighted by Crippen LogP contribution is -2.31. The Balaban J connectivity index is 1.83. The lowest BCUT2D eigenvalue weighted by atomic mass is 9.71. The highest BCUT2D eigenvalue weighted by molar-refractivity contribution is 5.47. The first-order valence-electron chi connectivity index (χ1n) is 7.98. The van der Waals surface area contributed by atoms with Gasteiger partial charge in [-0.15, -0.1) is 0 Å². The van der Waals surface area contributed by atoms with Crippen LogP contribution < -0.4 is 10.1 Å². The zero-order chi connectivity index (χ0) is 14.6. The van der Waals surface area contributed by atoms with Crippen LogP contribution in [0.15, 0.2) is 24.3 Å². The maximum Gasteiger partial charge on any atom is 0.119 e. The van der Waals surface area contributed by atoms with Gasteiger partial charge < -0.3 is 10.1 Å². The Morgan fingerprint density at radius 3 is 2.15 bits per heavy atom. The molecule has 1 saturated carbocycles. The molecule has 0 unspecified atom stereocenters. The summed E-state index contributed by atoms with van der Waals surface area (Å²) in [6.07, 6.45) is 5.26. The molecule has 0 amide bonds. The number of anilines is 1. The molecule has 1 N–H and O–H groups in total. The molecule has 1 aromatic carbocycles. The summed E-state index contributed by atoms with van der Waals surface area (Å²) in [5, 5.41) is 3.67. The molecule has 1 aliphatic carbocycles. The zero-order valence-corrected chi connectivity index (χ0v) is 13.4. The maximum atomic E-state index is 5.47. The molecule has 0 radical (unpaired) electrons. The van der Waals surface area contributed by atoms with Crippen LogP contribution in [0, 0.1) is 11.3 Å². The number of hydrogen-bond acceptors (Lipinski definition) is 2. The molecule has 0 saturated heterocycles. The van der Waals surface area contributed by atoms with E-state index < -0.39 is 0 Å². The third kappa shape index (κ3) is 4.16. The summed E-state index contributed by atoms with van der Waals surface area (Å²) in [6.45, 7) is 9.86. The second kappa shape index (κ2) is 6.51. The predicted octanol–water partition coefficient (Wildman–Crippen LogP) is 5.10. The third-order valence-electron chi connectivity index (χ3n) is 4.49. The molecule has 112 valence electrons. The van der Waals surface area contributed by atoms with Crippen molar-refractivity contribution in [1.82, 2.24) is 0 Å². The van der Waals surface area contributed by atoms with Crippen molar-refractivity contribution in [2.24, 2.45) is 11.3 Å². The van der Waals surface area contributed by atoms with E-state index in [2.05, 4.69) is 38.2 Å². The molecule has 2 rings (SSSR count). The molecule has 2 heteroatoms. The van der Waals surface area contributed by atoms with Crippen LogP contribution in [-0.2, 0) is 0 Å². The maximum absolute atomic E-state index is 5.47. The minimum Gasteiger partial charge on any atom is -0.494 e. The highest BCUT2D eigenvalue weighted by atomic mass is 16.5. The first-order valence-corrected chi connectivity index (χ1v) is 7.98. The topological polar surface area (TPSA) is 21.3 Å². The summed E-state index contributed by atoms with van der Waals surface area (Å²) in [4.78, 5) is 0. The van der Waals surface area contributed by atoms with Crippen molar-refractivity contribution in [2.45, 2.75) is 59.4 Å². The van der Waals surface area contributed by atoms with Crippen LogP contribution in [0.4, 0.5) is 5.69 Å². The number of hydrogen-bond donors (Lipinski definition) is 1. The fraction of sp³-hybridized carbons (Fsp3) is 0.667. The molecule has 2 nitrogen and oxygen atoms in total. The van der Waals surface area contributed by atoms with Gasteiger partial charge in [0.1, 0.15) is 5.75 Å². The molecule has 0 aromatic heterocycles. The average molecular weight is 275 g/mol. The van der Waals surface area contributed by atoms with E-state index in [4.69, 9.17) is 4.74 Å². The Hall–Kier alpha value is -1.18. The number of ether oxygens (including phenoxy) is 1. The molecule has 0 atom stereocenters.